The molecule has 3 rings (SSSR count). The van der Waals surface area contributed by atoms with Crippen molar-refractivity contribution in [2.45, 2.75) is 12.5 Å². The van der Waals surface area contributed by atoms with E-state index in [4.69, 9.17) is 0 Å². The number of nitrogens with one attached hydrogen (secondary N) is 1. The summed E-state index contributed by atoms with van der Waals surface area (Å²) in [6.45, 7) is 3.71. The molecule has 1 aliphatic rings. The van der Waals surface area contributed by atoms with E-state index < -0.39 is 0 Å². The maximum Gasteiger partial charge on any atom is 0.0912 e. The van der Waals surface area contributed by atoms with E-state index in [0.29, 0.717) is 6.42 Å². The summed E-state index contributed by atoms with van der Waals surface area (Å²) >= 11 is 0. The minimum atomic E-state index is -0.266. The lowest BCUT2D eigenvalue weighted by molar-refractivity contribution is 0.158. The summed E-state index contributed by atoms with van der Waals surface area (Å²) in [6.07, 6.45) is 0.577. The maximum atomic E-state index is 13.0. The quantitative estimate of drug-likeness (QED) is 0.929. The molecule has 2 aromatic rings. The number of hydrogen-bond donors (Lipinski definition) is 1. The van der Waals surface area contributed by atoms with Crippen LogP contribution in [0, 0.1) is 0 Å². The van der Waals surface area contributed by atoms with Crippen molar-refractivity contribution in [3.05, 3.63) is 48.0 Å². The largest absolute Gasteiger partial charge is 0.314 e. The van der Waals surface area contributed by atoms with Crippen molar-refractivity contribution in [2.75, 3.05) is 32.9 Å². The molecule has 0 amide bonds. The summed E-state index contributed by atoms with van der Waals surface area (Å²) < 4.78 is 13.0. The molecule has 1 aliphatic heterocycles. The number of piperazine rings is 1. The standard InChI is InChI=1S/C17H21FN2.ClH/c18-9-8-17(20-12-10-19-11-13-20)16-7-3-5-14-4-1-2-6-15(14)16;/h1-7,17,19H,8-13H2;1H/t17-;/m0./s1. The minimum Gasteiger partial charge on any atom is -0.314 e. The van der Waals surface area contributed by atoms with Gasteiger partial charge in [0, 0.05) is 32.2 Å². The van der Waals surface area contributed by atoms with E-state index >= 15 is 0 Å². The predicted molar refractivity (Wildman–Crippen MR) is 89.0 cm³/mol. The summed E-state index contributed by atoms with van der Waals surface area (Å²) in [5.41, 5.74) is 1.27. The van der Waals surface area contributed by atoms with Gasteiger partial charge in [-0.15, -0.1) is 12.4 Å². The van der Waals surface area contributed by atoms with E-state index in [1.807, 2.05) is 0 Å². The molecule has 1 heterocycles. The molecular formula is C17H22ClFN2. The van der Waals surface area contributed by atoms with Crippen LogP contribution in [0.1, 0.15) is 18.0 Å². The van der Waals surface area contributed by atoms with Crippen molar-refractivity contribution in [1.29, 1.82) is 0 Å². The van der Waals surface area contributed by atoms with E-state index in [-0.39, 0.29) is 25.1 Å². The fourth-order valence-electron chi connectivity index (χ4n) is 3.17. The Labute approximate surface area is 131 Å². The number of fused-ring (bicyclic) bond motifs is 1. The van der Waals surface area contributed by atoms with Gasteiger partial charge in [-0.25, -0.2) is 0 Å². The van der Waals surface area contributed by atoms with Crippen LogP contribution in [0.25, 0.3) is 10.8 Å². The van der Waals surface area contributed by atoms with Crippen molar-refractivity contribution in [2.24, 2.45) is 0 Å². The Bertz CT molecular complexity index is 564. The average Bonchev–Trinajstić information content (AvgIpc) is 2.53. The second kappa shape index (κ2) is 7.74. The third-order valence-electron chi connectivity index (χ3n) is 4.16. The zero-order valence-corrected chi connectivity index (χ0v) is 12.9. The Morgan fingerprint density at radius 2 is 1.76 bits per heavy atom. The van der Waals surface area contributed by atoms with Gasteiger partial charge in [-0.1, -0.05) is 42.5 Å². The van der Waals surface area contributed by atoms with Crippen molar-refractivity contribution in [1.82, 2.24) is 10.2 Å². The molecule has 2 nitrogen and oxygen atoms in total. The van der Waals surface area contributed by atoms with Crippen LogP contribution >= 0.6 is 12.4 Å². The molecule has 0 saturated carbocycles. The molecule has 1 saturated heterocycles. The van der Waals surface area contributed by atoms with Crippen LogP contribution in [0.2, 0.25) is 0 Å². The first-order valence-electron chi connectivity index (χ1n) is 7.38. The number of benzene rings is 2. The lowest BCUT2D eigenvalue weighted by Crippen LogP contribution is -2.45. The molecule has 0 bridgehead atoms. The van der Waals surface area contributed by atoms with Crippen molar-refractivity contribution >= 4 is 23.2 Å². The van der Waals surface area contributed by atoms with Gasteiger partial charge in [-0.2, -0.15) is 0 Å². The number of alkyl halides is 1. The molecule has 0 spiro atoms. The molecule has 0 unspecified atom stereocenters. The van der Waals surface area contributed by atoms with Crippen LogP contribution in [-0.2, 0) is 0 Å². The van der Waals surface area contributed by atoms with Gasteiger partial charge in [0.25, 0.3) is 0 Å². The van der Waals surface area contributed by atoms with Gasteiger partial charge in [-0.3, -0.25) is 9.29 Å². The second-order valence-corrected chi connectivity index (χ2v) is 5.35. The van der Waals surface area contributed by atoms with E-state index in [2.05, 4.69) is 52.7 Å². The monoisotopic (exact) mass is 308 g/mol. The van der Waals surface area contributed by atoms with Gasteiger partial charge in [0.2, 0.25) is 0 Å². The van der Waals surface area contributed by atoms with E-state index in [9.17, 15) is 4.39 Å². The van der Waals surface area contributed by atoms with Crippen molar-refractivity contribution < 1.29 is 4.39 Å². The maximum absolute atomic E-state index is 13.0. The Kier molecular flexibility index (Phi) is 5.97. The Balaban J connectivity index is 0.00000161. The Morgan fingerprint density at radius 1 is 1.05 bits per heavy atom. The zero-order valence-electron chi connectivity index (χ0n) is 12.1. The molecule has 0 aromatic heterocycles. The minimum absolute atomic E-state index is 0. The average molecular weight is 309 g/mol. The molecule has 0 aliphatic carbocycles. The first kappa shape index (κ1) is 16.2. The summed E-state index contributed by atoms with van der Waals surface area (Å²) in [5, 5.41) is 5.86. The summed E-state index contributed by atoms with van der Waals surface area (Å²) in [6, 6.07) is 15.0. The van der Waals surface area contributed by atoms with E-state index in [1.165, 1.54) is 16.3 Å². The highest BCUT2D eigenvalue weighted by Gasteiger charge is 2.23. The van der Waals surface area contributed by atoms with Gasteiger partial charge < -0.3 is 5.32 Å². The highest BCUT2D eigenvalue weighted by atomic mass is 35.5. The first-order valence-corrected chi connectivity index (χ1v) is 7.38. The summed E-state index contributed by atoms with van der Waals surface area (Å²) in [7, 11) is 0. The molecular weight excluding hydrogens is 287 g/mol. The second-order valence-electron chi connectivity index (χ2n) is 5.35. The van der Waals surface area contributed by atoms with E-state index in [0.717, 1.165) is 26.2 Å². The Hall–Kier alpha value is -1.16. The van der Waals surface area contributed by atoms with Gasteiger partial charge in [0.1, 0.15) is 0 Å². The Morgan fingerprint density at radius 3 is 2.52 bits per heavy atom. The van der Waals surface area contributed by atoms with Crippen molar-refractivity contribution in [3.8, 4) is 0 Å². The predicted octanol–water partition coefficient (Wildman–Crippen LogP) is 3.57. The van der Waals surface area contributed by atoms with Gasteiger partial charge in [0.15, 0.2) is 0 Å². The number of hydrogen-bond acceptors (Lipinski definition) is 2. The molecule has 1 N–H and O–H groups in total. The first-order chi connectivity index (χ1) is 9.90. The van der Waals surface area contributed by atoms with Crippen LogP contribution in [0.15, 0.2) is 42.5 Å². The lowest BCUT2D eigenvalue weighted by Gasteiger charge is -2.35. The van der Waals surface area contributed by atoms with Crippen LogP contribution in [-0.4, -0.2) is 37.8 Å². The van der Waals surface area contributed by atoms with Crippen LogP contribution in [0.5, 0.6) is 0 Å². The smallest absolute Gasteiger partial charge is 0.0912 e. The fourth-order valence-corrected chi connectivity index (χ4v) is 3.17. The van der Waals surface area contributed by atoms with Crippen LogP contribution < -0.4 is 5.32 Å². The van der Waals surface area contributed by atoms with Gasteiger partial charge in [0.05, 0.1) is 6.67 Å². The number of nitrogens with zero attached hydrogens (tertiary/aromatic N) is 1. The summed E-state index contributed by atoms with van der Waals surface area (Å²) in [5.74, 6) is 0. The third kappa shape index (κ3) is 3.54. The van der Waals surface area contributed by atoms with Crippen molar-refractivity contribution in [3.63, 3.8) is 0 Å². The third-order valence-corrected chi connectivity index (χ3v) is 4.16. The topological polar surface area (TPSA) is 15.3 Å². The van der Waals surface area contributed by atoms with Crippen LogP contribution in [0.3, 0.4) is 0 Å². The lowest BCUT2D eigenvalue weighted by atomic mass is 9.95. The van der Waals surface area contributed by atoms with Crippen LogP contribution in [0.4, 0.5) is 4.39 Å². The molecule has 114 valence electrons. The molecule has 21 heavy (non-hydrogen) atoms. The molecule has 1 atom stereocenters. The molecule has 1 fully saturated rings. The number of halogens is 2. The van der Waals surface area contributed by atoms with Gasteiger partial charge >= 0.3 is 0 Å². The highest BCUT2D eigenvalue weighted by Crippen LogP contribution is 2.31. The van der Waals surface area contributed by atoms with Gasteiger partial charge in [-0.05, 0) is 22.8 Å². The fraction of sp³-hybridized carbons (Fsp3) is 0.412. The molecule has 4 heteroatoms. The zero-order chi connectivity index (χ0) is 13.8. The summed E-state index contributed by atoms with van der Waals surface area (Å²) in [4.78, 5) is 2.41. The normalized spacial score (nSPS) is 17.4. The molecule has 0 radical (unpaired) electrons. The number of rotatable bonds is 4. The highest BCUT2D eigenvalue weighted by molar-refractivity contribution is 5.86. The van der Waals surface area contributed by atoms with E-state index in [1.54, 1.807) is 0 Å². The SMILES string of the molecule is Cl.FCC[C@@H](c1cccc2ccccc12)N1CCNCC1. The molecule has 2 aromatic carbocycles.